The van der Waals surface area contributed by atoms with Crippen molar-refractivity contribution in [2.45, 2.75) is 74.5 Å². The Bertz CT molecular complexity index is 880. The van der Waals surface area contributed by atoms with Crippen LogP contribution in [0.1, 0.15) is 52.4 Å². The van der Waals surface area contributed by atoms with E-state index in [2.05, 4.69) is 10.6 Å². The molecule has 8 heteroatoms. The van der Waals surface area contributed by atoms with E-state index < -0.39 is 22.6 Å². The average Bonchev–Trinajstić information content (AvgIpc) is 3.41. The molecule has 1 aromatic carbocycles. The zero-order valence-corrected chi connectivity index (χ0v) is 20.3. The minimum Gasteiger partial charge on any atom is -0.396 e. The summed E-state index contributed by atoms with van der Waals surface area (Å²) in [5.74, 6) is -1.17. The van der Waals surface area contributed by atoms with Crippen molar-refractivity contribution in [3.63, 3.8) is 0 Å². The molecule has 3 aliphatic heterocycles. The monoisotopic (exact) mass is 473 g/mol. The molecule has 1 spiro atoms. The number of aliphatic hydroxyl groups excluding tert-OH is 1. The molecule has 5 atom stereocenters. The fourth-order valence-electron chi connectivity index (χ4n) is 5.85. The van der Waals surface area contributed by atoms with E-state index in [1.807, 2.05) is 44.2 Å². The molecule has 7 nitrogen and oxygen atoms in total. The first-order chi connectivity index (χ1) is 15.9. The van der Waals surface area contributed by atoms with Crippen LogP contribution in [0.3, 0.4) is 0 Å². The number of carbonyl (C=O) groups excluding carboxylic acids is 3. The van der Waals surface area contributed by atoms with Crippen molar-refractivity contribution < 1.29 is 19.5 Å². The number of thioether (sulfide) groups is 1. The highest BCUT2D eigenvalue weighted by molar-refractivity contribution is 8.02. The lowest BCUT2D eigenvalue weighted by atomic mass is 9.70. The molecule has 0 saturated carbocycles. The normalized spacial score (nSPS) is 30.1. The Morgan fingerprint density at radius 2 is 1.88 bits per heavy atom. The molecule has 3 fully saturated rings. The van der Waals surface area contributed by atoms with Gasteiger partial charge in [-0.25, -0.2) is 0 Å². The minimum absolute atomic E-state index is 0.0183. The Morgan fingerprint density at radius 1 is 1.15 bits per heavy atom. The van der Waals surface area contributed by atoms with Crippen LogP contribution in [0.2, 0.25) is 0 Å². The first-order valence-electron chi connectivity index (χ1n) is 12.1. The van der Waals surface area contributed by atoms with Gasteiger partial charge in [0.15, 0.2) is 0 Å². The summed E-state index contributed by atoms with van der Waals surface area (Å²) in [6.07, 6.45) is 4.96. The second-order valence-electron chi connectivity index (χ2n) is 9.74. The number of para-hydroxylation sites is 1. The van der Waals surface area contributed by atoms with Gasteiger partial charge in [0.25, 0.3) is 0 Å². The van der Waals surface area contributed by atoms with E-state index in [0.717, 1.165) is 44.2 Å². The Kier molecular flexibility index (Phi) is 7.34. The van der Waals surface area contributed by atoms with Crippen LogP contribution in [-0.4, -0.2) is 63.0 Å². The fourth-order valence-corrected chi connectivity index (χ4v) is 8.07. The Balaban J connectivity index is 1.58. The number of nitrogens with one attached hydrogen (secondary N) is 2. The van der Waals surface area contributed by atoms with Gasteiger partial charge in [0.2, 0.25) is 17.7 Å². The molecule has 3 N–H and O–H groups in total. The Labute approximate surface area is 200 Å². The number of benzene rings is 1. The summed E-state index contributed by atoms with van der Waals surface area (Å²) in [5.41, 5.74) is 0.726. The molecule has 3 amide bonds. The Morgan fingerprint density at radius 3 is 2.58 bits per heavy atom. The molecule has 2 unspecified atom stereocenters. The summed E-state index contributed by atoms with van der Waals surface area (Å²) in [5, 5.41) is 15.1. The van der Waals surface area contributed by atoms with Crippen molar-refractivity contribution in [1.29, 1.82) is 0 Å². The van der Waals surface area contributed by atoms with Crippen molar-refractivity contribution in [3.05, 3.63) is 30.3 Å². The van der Waals surface area contributed by atoms with Gasteiger partial charge in [-0.15, -0.1) is 11.8 Å². The zero-order valence-electron chi connectivity index (χ0n) is 19.5. The van der Waals surface area contributed by atoms with E-state index in [-0.39, 0.29) is 35.6 Å². The lowest BCUT2D eigenvalue weighted by Crippen LogP contribution is -2.54. The van der Waals surface area contributed by atoms with E-state index in [4.69, 9.17) is 5.11 Å². The minimum atomic E-state index is -0.542. The van der Waals surface area contributed by atoms with Crippen molar-refractivity contribution in [2.24, 2.45) is 11.8 Å². The van der Waals surface area contributed by atoms with Gasteiger partial charge in [-0.1, -0.05) is 31.0 Å². The number of hydrogen-bond donors (Lipinski definition) is 3. The Hall–Kier alpha value is -2.06. The summed E-state index contributed by atoms with van der Waals surface area (Å²) in [6, 6.07) is 8.78. The zero-order chi connectivity index (χ0) is 23.6. The van der Waals surface area contributed by atoms with Crippen molar-refractivity contribution in [1.82, 2.24) is 10.2 Å². The van der Waals surface area contributed by atoms with Gasteiger partial charge in [0, 0.05) is 30.1 Å². The van der Waals surface area contributed by atoms with Crippen LogP contribution < -0.4 is 10.6 Å². The second kappa shape index (κ2) is 10.1. The van der Waals surface area contributed by atoms with Gasteiger partial charge in [-0.05, 0) is 51.7 Å². The van der Waals surface area contributed by atoms with Gasteiger partial charge in [0.1, 0.15) is 6.04 Å². The maximum Gasteiger partial charge on any atom is 0.244 e. The lowest BCUT2D eigenvalue weighted by Gasteiger charge is -2.34. The molecule has 1 aromatic rings. The van der Waals surface area contributed by atoms with Crippen LogP contribution in [-0.2, 0) is 14.4 Å². The third kappa shape index (κ3) is 4.52. The predicted octanol–water partition coefficient (Wildman–Crippen LogP) is 2.79. The molecule has 3 saturated heterocycles. The van der Waals surface area contributed by atoms with Gasteiger partial charge in [-0.2, -0.15) is 0 Å². The molecule has 180 valence electrons. The molecule has 0 radical (unpaired) electrons. The highest BCUT2D eigenvalue weighted by Crippen LogP contribution is 2.66. The molecule has 2 bridgehead atoms. The molecule has 4 rings (SSSR count). The topological polar surface area (TPSA) is 98.7 Å². The molecule has 0 aromatic heterocycles. The predicted molar refractivity (Wildman–Crippen MR) is 130 cm³/mol. The number of amides is 3. The highest BCUT2D eigenvalue weighted by atomic mass is 32.2. The van der Waals surface area contributed by atoms with Crippen LogP contribution in [0, 0.1) is 11.8 Å². The summed E-state index contributed by atoms with van der Waals surface area (Å²) >= 11 is 1.70. The largest absolute Gasteiger partial charge is 0.396 e. The van der Waals surface area contributed by atoms with Crippen molar-refractivity contribution in [2.75, 3.05) is 18.5 Å². The van der Waals surface area contributed by atoms with E-state index in [0.29, 0.717) is 6.54 Å². The quantitative estimate of drug-likeness (QED) is 0.454. The molecule has 33 heavy (non-hydrogen) atoms. The van der Waals surface area contributed by atoms with Crippen LogP contribution in [0.5, 0.6) is 0 Å². The molecular weight excluding hydrogens is 438 g/mol. The van der Waals surface area contributed by atoms with Gasteiger partial charge >= 0.3 is 0 Å². The molecule has 3 aliphatic rings. The number of nitrogens with zero attached hydrogens (tertiary/aromatic N) is 1. The van der Waals surface area contributed by atoms with Crippen LogP contribution in [0.25, 0.3) is 0 Å². The molecule has 0 aliphatic carbocycles. The van der Waals surface area contributed by atoms with E-state index >= 15 is 0 Å². The smallest absolute Gasteiger partial charge is 0.244 e. The maximum absolute atomic E-state index is 13.8. The van der Waals surface area contributed by atoms with E-state index in [9.17, 15) is 14.4 Å². The van der Waals surface area contributed by atoms with Crippen LogP contribution in [0.15, 0.2) is 30.3 Å². The third-order valence-corrected chi connectivity index (χ3v) is 9.08. The number of rotatable bonds is 10. The number of likely N-dealkylation sites (tertiary alicyclic amines) is 1. The molecular formula is C25H35N3O4S. The number of carbonyl (C=O) groups is 3. The first-order valence-corrected chi connectivity index (χ1v) is 13.0. The fraction of sp³-hybridized carbons (Fsp3) is 0.640. The summed E-state index contributed by atoms with van der Waals surface area (Å²) in [7, 11) is 0. The van der Waals surface area contributed by atoms with Crippen molar-refractivity contribution in [3.8, 4) is 0 Å². The highest BCUT2D eigenvalue weighted by Gasteiger charge is 2.73. The number of unbranched alkanes of at least 4 members (excludes halogenated alkanes) is 3. The maximum atomic E-state index is 13.8. The van der Waals surface area contributed by atoms with Gasteiger partial charge < -0.3 is 20.6 Å². The third-order valence-electron chi connectivity index (χ3n) is 7.13. The standard InChI is InChI=1S/C25H35N3O4S/c1-16(2)26-23(31)21-25-13-12-18(33-25)19(22(30)27-17-10-6-5-7-11-17)20(25)24(32)28(21)14-8-3-4-9-15-29/h5-7,10-11,16,18-21,29H,3-4,8-9,12-15H2,1-2H3,(H,26,31)(H,27,30)/t18-,19+,20+,21?,25?/m1/s1. The summed E-state index contributed by atoms with van der Waals surface area (Å²) in [6.45, 7) is 4.54. The number of fused-ring (bicyclic) bond motifs is 1. The second-order valence-corrected chi connectivity index (χ2v) is 11.3. The first kappa shape index (κ1) is 24.1. The van der Waals surface area contributed by atoms with Crippen LogP contribution >= 0.6 is 11.8 Å². The average molecular weight is 474 g/mol. The molecule has 3 heterocycles. The summed E-state index contributed by atoms with van der Waals surface area (Å²) < 4.78 is -0.537. The van der Waals surface area contributed by atoms with Gasteiger partial charge in [0.05, 0.1) is 16.6 Å². The number of anilines is 1. The number of hydrogen-bond acceptors (Lipinski definition) is 5. The van der Waals surface area contributed by atoms with E-state index in [1.165, 1.54) is 0 Å². The number of aliphatic hydroxyl groups is 1. The summed E-state index contributed by atoms with van der Waals surface area (Å²) in [4.78, 5) is 42.3. The van der Waals surface area contributed by atoms with Crippen molar-refractivity contribution >= 4 is 35.2 Å². The SMILES string of the molecule is CC(C)NC(=O)C1N(CCCCCCO)C(=O)[C@@H]2[C@@H](C(=O)Nc3ccccc3)[C@H]3CCC12S3. The van der Waals surface area contributed by atoms with Gasteiger partial charge in [-0.3, -0.25) is 14.4 Å². The van der Waals surface area contributed by atoms with E-state index in [1.54, 1.807) is 16.7 Å². The lowest BCUT2D eigenvalue weighted by molar-refractivity contribution is -0.139. The van der Waals surface area contributed by atoms with Crippen LogP contribution in [0.4, 0.5) is 5.69 Å².